The zero-order valence-electron chi connectivity index (χ0n) is 10.7. The van der Waals surface area contributed by atoms with Gasteiger partial charge in [0, 0.05) is 18.2 Å². The lowest BCUT2D eigenvalue weighted by Gasteiger charge is -2.11. The standard InChI is InChI=1S/C14H22FN/c1-10(2)7-12-5-6-13(14(15)8-12)9-16-11(3)4/h5-6,8,10-11,16H,7,9H2,1-4H3. The van der Waals surface area contributed by atoms with E-state index in [1.54, 1.807) is 6.07 Å². The predicted octanol–water partition coefficient (Wildman–Crippen LogP) is 3.52. The first-order chi connectivity index (χ1) is 7.49. The molecule has 0 fully saturated rings. The quantitative estimate of drug-likeness (QED) is 0.805. The van der Waals surface area contributed by atoms with Crippen molar-refractivity contribution in [2.24, 2.45) is 5.92 Å². The van der Waals surface area contributed by atoms with Crippen LogP contribution in [0.25, 0.3) is 0 Å². The molecule has 0 aromatic heterocycles. The van der Waals surface area contributed by atoms with Crippen molar-refractivity contribution < 1.29 is 4.39 Å². The van der Waals surface area contributed by atoms with Crippen LogP contribution in [0.1, 0.15) is 38.8 Å². The van der Waals surface area contributed by atoms with E-state index in [2.05, 4.69) is 33.0 Å². The number of rotatable bonds is 5. The van der Waals surface area contributed by atoms with E-state index in [1.807, 2.05) is 12.1 Å². The van der Waals surface area contributed by atoms with Gasteiger partial charge in [-0.15, -0.1) is 0 Å². The van der Waals surface area contributed by atoms with Gasteiger partial charge in [0.15, 0.2) is 0 Å². The van der Waals surface area contributed by atoms with Crippen molar-refractivity contribution in [1.29, 1.82) is 0 Å². The first kappa shape index (κ1) is 13.2. The third kappa shape index (κ3) is 4.31. The molecule has 0 spiro atoms. The minimum Gasteiger partial charge on any atom is -0.310 e. The Balaban J connectivity index is 2.67. The van der Waals surface area contributed by atoms with Crippen LogP contribution in [0.2, 0.25) is 0 Å². The van der Waals surface area contributed by atoms with Crippen LogP contribution in [0.15, 0.2) is 18.2 Å². The van der Waals surface area contributed by atoms with Crippen molar-refractivity contribution in [2.45, 2.75) is 46.7 Å². The third-order valence-electron chi connectivity index (χ3n) is 2.46. The molecule has 0 bridgehead atoms. The normalized spacial score (nSPS) is 11.4. The molecule has 0 amide bonds. The van der Waals surface area contributed by atoms with Crippen LogP contribution in [0.3, 0.4) is 0 Å². The lowest BCUT2D eigenvalue weighted by Crippen LogP contribution is -2.22. The van der Waals surface area contributed by atoms with Gasteiger partial charge in [0.1, 0.15) is 5.82 Å². The molecular weight excluding hydrogens is 201 g/mol. The van der Waals surface area contributed by atoms with Gasteiger partial charge in [-0.25, -0.2) is 4.39 Å². The van der Waals surface area contributed by atoms with Crippen LogP contribution in [-0.2, 0) is 13.0 Å². The summed E-state index contributed by atoms with van der Waals surface area (Å²) in [5.74, 6) is 0.477. The highest BCUT2D eigenvalue weighted by atomic mass is 19.1. The Morgan fingerprint density at radius 1 is 1.19 bits per heavy atom. The van der Waals surface area contributed by atoms with Crippen molar-refractivity contribution in [3.63, 3.8) is 0 Å². The highest BCUT2D eigenvalue weighted by molar-refractivity contribution is 5.24. The summed E-state index contributed by atoms with van der Waals surface area (Å²) in [5, 5.41) is 3.22. The molecule has 16 heavy (non-hydrogen) atoms. The molecule has 0 radical (unpaired) electrons. The summed E-state index contributed by atoms with van der Waals surface area (Å²) in [5.41, 5.74) is 1.84. The monoisotopic (exact) mass is 223 g/mol. The smallest absolute Gasteiger partial charge is 0.127 e. The average Bonchev–Trinajstić information content (AvgIpc) is 2.15. The van der Waals surface area contributed by atoms with Gasteiger partial charge < -0.3 is 5.32 Å². The number of nitrogens with one attached hydrogen (secondary N) is 1. The van der Waals surface area contributed by atoms with Crippen LogP contribution in [0, 0.1) is 11.7 Å². The molecule has 1 nitrogen and oxygen atoms in total. The minimum atomic E-state index is -0.0914. The molecule has 1 aromatic rings. The van der Waals surface area contributed by atoms with Gasteiger partial charge in [0.05, 0.1) is 0 Å². The van der Waals surface area contributed by atoms with Gasteiger partial charge in [0.25, 0.3) is 0 Å². The Bertz CT molecular complexity index is 332. The minimum absolute atomic E-state index is 0.0914. The van der Waals surface area contributed by atoms with E-state index in [4.69, 9.17) is 0 Å². The lowest BCUT2D eigenvalue weighted by molar-refractivity contribution is 0.550. The topological polar surface area (TPSA) is 12.0 Å². The molecule has 0 aliphatic rings. The van der Waals surface area contributed by atoms with Crippen molar-refractivity contribution in [3.8, 4) is 0 Å². The van der Waals surface area contributed by atoms with Crippen LogP contribution >= 0.6 is 0 Å². The van der Waals surface area contributed by atoms with E-state index in [0.717, 1.165) is 17.5 Å². The van der Waals surface area contributed by atoms with Gasteiger partial charge >= 0.3 is 0 Å². The Morgan fingerprint density at radius 2 is 1.88 bits per heavy atom. The second kappa shape index (κ2) is 6.00. The second-order valence-corrected chi connectivity index (χ2v) is 5.06. The van der Waals surface area contributed by atoms with E-state index in [9.17, 15) is 4.39 Å². The number of benzene rings is 1. The summed E-state index contributed by atoms with van der Waals surface area (Å²) in [6.07, 6.45) is 0.939. The molecule has 0 saturated heterocycles. The zero-order chi connectivity index (χ0) is 12.1. The lowest BCUT2D eigenvalue weighted by atomic mass is 10.0. The van der Waals surface area contributed by atoms with Crippen molar-refractivity contribution in [2.75, 3.05) is 0 Å². The van der Waals surface area contributed by atoms with Gasteiger partial charge in [-0.1, -0.05) is 39.8 Å². The molecule has 90 valence electrons. The molecule has 2 heteroatoms. The van der Waals surface area contributed by atoms with E-state index in [0.29, 0.717) is 18.5 Å². The van der Waals surface area contributed by atoms with Crippen LogP contribution < -0.4 is 5.32 Å². The van der Waals surface area contributed by atoms with E-state index in [1.165, 1.54) is 0 Å². The van der Waals surface area contributed by atoms with Crippen LogP contribution in [0.4, 0.5) is 4.39 Å². The summed E-state index contributed by atoms with van der Waals surface area (Å²) in [6, 6.07) is 5.97. The van der Waals surface area contributed by atoms with Gasteiger partial charge in [0.2, 0.25) is 0 Å². The molecule has 1 rings (SSSR count). The van der Waals surface area contributed by atoms with Crippen LogP contribution in [0.5, 0.6) is 0 Å². The number of hydrogen-bond acceptors (Lipinski definition) is 1. The second-order valence-electron chi connectivity index (χ2n) is 5.06. The number of halogens is 1. The van der Waals surface area contributed by atoms with Crippen LogP contribution in [-0.4, -0.2) is 6.04 Å². The average molecular weight is 223 g/mol. The summed E-state index contributed by atoms with van der Waals surface area (Å²) in [7, 11) is 0. The maximum Gasteiger partial charge on any atom is 0.127 e. The van der Waals surface area contributed by atoms with E-state index < -0.39 is 0 Å². The Hall–Kier alpha value is -0.890. The molecule has 0 aliphatic heterocycles. The highest BCUT2D eigenvalue weighted by Crippen LogP contribution is 2.14. The molecule has 0 saturated carbocycles. The van der Waals surface area contributed by atoms with Crippen molar-refractivity contribution in [3.05, 3.63) is 35.1 Å². The third-order valence-corrected chi connectivity index (χ3v) is 2.46. The molecule has 1 aromatic carbocycles. The molecule has 0 aliphatic carbocycles. The molecule has 1 N–H and O–H groups in total. The first-order valence-corrected chi connectivity index (χ1v) is 5.99. The van der Waals surface area contributed by atoms with Gasteiger partial charge in [-0.05, 0) is 24.0 Å². The van der Waals surface area contributed by atoms with Crippen molar-refractivity contribution in [1.82, 2.24) is 5.32 Å². The maximum absolute atomic E-state index is 13.7. The predicted molar refractivity (Wildman–Crippen MR) is 66.9 cm³/mol. The molecular formula is C14H22FN. The Kier molecular flexibility index (Phi) is 4.94. The fourth-order valence-electron chi connectivity index (χ4n) is 1.65. The summed E-state index contributed by atoms with van der Waals surface area (Å²) in [6.45, 7) is 9.01. The van der Waals surface area contributed by atoms with E-state index >= 15 is 0 Å². The zero-order valence-corrected chi connectivity index (χ0v) is 10.7. The first-order valence-electron chi connectivity index (χ1n) is 5.99. The summed E-state index contributed by atoms with van der Waals surface area (Å²) < 4.78 is 13.7. The Labute approximate surface area is 98.1 Å². The molecule has 0 atom stereocenters. The van der Waals surface area contributed by atoms with Gasteiger partial charge in [-0.3, -0.25) is 0 Å². The molecule has 0 unspecified atom stereocenters. The van der Waals surface area contributed by atoms with Gasteiger partial charge in [-0.2, -0.15) is 0 Å². The van der Waals surface area contributed by atoms with Crippen molar-refractivity contribution >= 4 is 0 Å². The summed E-state index contributed by atoms with van der Waals surface area (Å²) in [4.78, 5) is 0. The SMILES string of the molecule is CC(C)Cc1ccc(CNC(C)C)c(F)c1. The fourth-order valence-corrected chi connectivity index (χ4v) is 1.65. The largest absolute Gasteiger partial charge is 0.310 e. The fraction of sp³-hybridized carbons (Fsp3) is 0.571. The summed E-state index contributed by atoms with van der Waals surface area (Å²) >= 11 is 0. The Morgan fingerprint density at radius 3 is 2.38 bits per heavy atom. The highest BCUT2D eigenvalue weighted by Gasteiger charge is 2.05. The molecule has 0 heterocycles. The maximum atomic E-state index is 13.7. The van der Waals surface area contributed by atoms with E-state index in [-0.39, 0.29) is 5.82 Å². The number of hydrogen-bond donors (Lipinski definition) is 1.